The lowest BCUT2D eigenvalue weighted by molar-refractivity contribution is 0.0947. The first-order valence-electron chi connectivity index (χ1n) is 10.9. The second kappa shape index (κ2) is 10.3. The highest BCUT2D eigenvalue weighted by molar-refractivity contribution is 7.92. The van der Waals surface area contributed by atoms with Crippen molar-refractivity contribution in [2.75, 3.05) is 30.9 Å². The van der Waals surface area contributed by atoms with Gasteiger partial charge in [0.05, 0.1) is 4.90 Å². The molecule has 2 N–H and O–H groups in total. The molecule has 0 saturated carbocycles. The molecular formula is C24H33N3O3S. The summed E-state index contributed by atoms with van der Waals surface area (Å²) in [6, 6.07) is 13.2. The maximum absolute atomic E-state index is 12.5. The van der Waals surface area contributed by atoms with Crippen molar-refractivity contribution in [2.45, 2.75) is 38.5 Å². The Morgan fingerprint density at radius 2 is 1.61 bits per heavy atom. The molecule has 3 rings (SSSR count). The summed E-state index contributed by atoms with van der Waals surface area (Å²) in [6.07, 6.45) is 2.21. The summed E-state index contributed by atoms with van der Waals surface area (Å²) in [6.45, 7) is 10.4. The zero-order chi connectivity index (χ0) is 22.4. The molecule has 1 aliphatic heterocycles. The number of hydrogen-bond acceptors (Lipinski definition) is 4. The van der Waals surface area contributed by atoms with Crippen LogP contribution in [-0.2, 0) is 10.0 Å². The van der Waals surface area contributed by atoms with Crippen molar-refractivity contribution < 1.29 is 13.2 Å². The average molecular weight is 444 g/mol. The van der Waals surface area contributed by atoms with Gasteiger partial charge in [0.25, 0.3) is 15.9 Å². The summed E-state index contributed by atoms with van der Waals surface area (Å²) in [4.78, 5) is 15.1. The van der Waals surface area contributed by atoms with Crippen LogP contribution in [0.3, 0.4) is 0 Å². The van der Waals surface area contributed by atoms with E-state index in [0.29, 0.717) is 17.8 Å². The molecule has 1 amide bonds. The van der Waals surface area contributed by atoms with Gasteiger partial charge in [-0.15, -0.1) is 0 Å². The third kappa shape index (κ3) is 6.80. The van der Waals surface area contributed by atoms with Gasteiger partial charge >= 0.3 is 0 Å². The van der Waals surface area contributed by atoms with E-state index in [1.807, 2.05) is 6.92 Å². The number of nitrogens with zero attached hydrogens (tertiary/aromatic N) is 1. The first kappa shape index (κ1) is 23.3. The quantitative estimate of drug-likeness (QED) is 0.607. The van der Waals surface area contributed by atoms with E-state index in [9.17, 15) is 13.2 Å². The van der Waals surface area contributed by atoms with Gasteiger partial charge in [0, 0.05) is 30.9 Å². The van der Waals surface area contributed by atoms with Crippen LogP contribution in [0.4, 0.5) is 5.69 Å². The molecule has 2 atom stereocenters. The largest absolute Gasteiger partial charge is 0.352 e. The minimum atomic E-state index is -3.65. The van der Waals surface area contributed by atoms with Crippen molar-refractivity contribution >= 4 is 21.6 Å². The number of amides is 1. The summed E-state index contributed by atoms with van der Waals surface area (Å²) in [5.41, 5.74) is 1.93. The van der Waals surface area contributed by atoms with Crippen molar-refractivity contribution in [3.63, 3.8) is 0 Å². The van der Waals surface area contributed by atoms with Crippen molar-refractivity contribution in [2.24, 2.45) is 11.8 Å². The number of benzene rings is 2. The van der Waals surface area contributed by atoms with E-state index in [1.165, 1.54) is 6.42 Å². The molecule has 1 aliphatic rings. The smallest absolute Gasteiger partial charge is 0.261 e. The number of likely N-dealkylation sites (tertiary alicyclic amines) is 1. The lowest BCUT2D eigenvalue weighted by Gasteiger charge is -2.34. The SMILES string of the molecule is Cc1ccc(S(=O)(=O)Nc2ccc(C(=O)NCCCN3C[C@H](C)C[C@H](C)C3)cc2)cc1. The van der Waals surface area contributed by atoms with Gasteiger partial charge < -0.3 is 10.2 Å². The van der Waals surface area contributed by atoms with Crippen molar-refractivity contribution in [1.82, 2.24) is 10.2 Å². The van der Waals surface area contributed by atoms with Crippen molar-refractivity contribution in [3.8, 4) is 0 Å². The molecule has 1 saturated heterocycles. The van der Waals surface area contributed by atoms with E-state index < -0.39 is 10.0 Å². The molecular weight excluding hydrogens is 410 g/mol. The highest BCUT2D eigenvalue weighted by Gasteiger charge is 2.21. The third-order valence-electron chi connectivity index (χ3n) is 5.61. The van der Waals surface area contributed by atoms with E-state index in [-0.39, 0.29) is 10.8 Å². The zero-order valence-corrected chi connectivity index (χ0v) is 19.4. The van der Waals surface area contributed by atoms with Crippen LogP contribution < -0.4 is 10.0 Å². The fourth-order valence-corrected chi connectivity index (χ4v) is 5.26. The van der Waals surface area contributed by atoms with Gasteiger partial charge in [0.15, 0.2) is 0 Å². The van der Waals surface area contributed by atoms with E-state index in [0.717, 1.165) is 43.5 Å². The van der Waals surface area contributed by atoms with Gasteiger partial charge in [-0.1, -0.05) is 31.5 Å². The molecule has 0 aliphatic carbocycles. The second-order valence-electron chi connectivity index (χ2n) is 8.81. The van der Waals surface area contributed by atoms with E-state index in [4.69, 9.17) is 0 Å². The van der Waals surface area contributed by atoms with E-state index in [2.05, 4.69) is 28.8 Å². The molecule has 2 aromatic carbocycles. The van der Waals surface area contributed by atoms with Crippen molar-refractivity contribution in [3.05, 3.63) is 59.7 Å². The third-order valence-corrected chi connectivity index (χ3v) is 7.01. The molecule has 2 aromatic rings. The Morgan fingerprint density at radius 3 is 2.23 bits per heavy atom. The summed E-state index contributed by atoms with van der Waals surface area (Å²) in [5.74, 6) is 1.33. The number of piperidine rings is 1. The Hall–Kier alpha value is -2.38. The first-order valence-corrected chi connectivity index (χ1v) is 12.4. The molecule has 1 fully saturated rings. The molecule has 6 nitrogen and oxygen atoms in total. The van der Waals surface area contributed by atoms with Gasteiger partial charge in [-0.3, -0.25) is 9.52 Å². The monoisotopic (exact) mass is 443 g/mol. The highest BCUT2D eigenvalue weighted by atomic mass is 32.2. The topological polar surface area (TPSA) is 78.5 Å². The van der Waals surface area contributed by atoms with Gasteiger partial charge in [-0.05, 0) is 74.5 Å². The summed E-state index contributed by atoms with van der Waals surface area (Å²) in [7, 11) is -3.65. The van der Waals surface area contributed by atoms with Crippen LogP contribution in [0.25, 0.3) is 0 Å². The summed E-state index contributed by atoms with van der Waals surface area (Å²) < 4.78 is 27.5. The van der Waals surface area contributed by atoms with E-state index in [1.54, 1.807) is 48.5 Å². The number of carbonyl (C=O) groups is 1. The molecule has 1 heterocycles. The number of sulfonamides is 1. The number of aryl methyl sites for hydroxylation is 1. The fraction of sp³-hybridized carbons (Fsp3) is 0.458. The highest BCUT2D eigenvalue weighted by Crippen LogP contribution is 2.21. The predicted molar refractivity (Wildman–Crippen MR) is 125 cm³/mol. The zero-order valence-electron chi connectivity index (χ0n) is 18.6. The van der Waals surface area contributed by atoms with Gasteiger partial charge in [0.2, 0.25) is 0 Å². The Kier molecular flexibility index (Phi) is 7.73. The Morgan fingerprint density at radius 1 is 1.00 bits per heavy atom. The summed E-state index contributed by atoms with van der Waals surface area (Å²) in [5, 5.41) is 2.96. The summed E-state index contributed by atoms with van der Waals surface area (Å²) >= 11 is 0. The molecule has 0 aromatic heterocycles. The molecule has 31 heavy (non-hydrogen) atoms. The minimum Gasteiger partial charge on any atom is -0.352 e. The number of nitrogens with one attached hydrogen (secondary N) is 2. The van der Waals surface area contributed by atoms with Crippen LogP contribution in [0.5, 0.6) is 0 Å². The fourth-order valence-electron chi connectivity index (χ4n) is 4.20. The normalized spacial score (nSPS) is 19.7. The molecule has 0 radical (unpaired) electrons. The minimum absolute atomic E-state index is 0.145. The van der Waals surface area contributed by atoms with Crippen molar-refractivity contribution in [1.29, 1.82) is 0 Å². The standard InChI is InChI=1S/C24H33N3O3S/c1-18-5-11-23(12-6-18)31(29,30)26-22-9-7-21(8-10-22)24(28)25-13-4-14-27-16-19(2)15-20(3)17-27/h5-12,19-20,26H,4,13-17H2,1-3H3,(H,25,28)/t19-,20+. The Balaban J connectivity index is 1.47. The molecule has 7 heteroatoms. The number of hydrogen-bond donors (Lipinski definition) is 2. The number of rotatable bonds is 8. The molecule has 0 spiro atoms. The predicted octanol–water partition coefficient (Wildman–Crippen LogP) is 3.89. The number of carbonyl (C=O) groups excluding carboxylic acids is 1. The van der Waals surface area contributed by atoms with Crippen LogP contribution in [-0.4, -0.2) is 45.4 Å². The first-order chi connectivity index (χ1) is 14.7. The maximum Gasteiger partial charge on any atom is 0.261 e. The average Bonchev–Trinajstić information content (AvgIpc) is 2.71. The molecule has 0 unspecified atom stereocenters. The Bertz CT molecular complexity index is 962. The second-order valence-corrected chi connectivity index (χ2v) is 10.5. The maximum atomic E-state index is 12.5. The van der Waals surface area contributed by atoms with Crippen LogP contribution in [0.15, 0.2) is 53.4 Å². The van der Waals surface area contributed by atoms with Crippen LogP contribution in [0, 0.1) is 18.8 Å². The van der Waals surface area contributed by atoms with Gasteiger partial charge in [0.1, 0.15) is 0 Å². The van der Waals surface area contributed by atoms with Crippen LogP contribution >= 0.6 is 0 Å². The van der Waals surface area contributed by atoms with Gasteiger partial charge in [-0.2, -0.15) is 0 Å². The lowest BCUT2D eigenvalue weighted by atomic mass is 9.92. The van der Waals surface area contributed by atoms with Gasteiger partial charge in [-0.25, -0.2) is 8.42 Å². The molecule has 0 bridgehead atoms. The Labute approximate surface area is 186 Å². The van der Waals surface area contributed by atoms with E-state index >= 15 is 0 Å². The van der Waals surface area contributed by atoms with Crippen LogP contribution in [0.2, 0.25) is 0 Å². The lowest BCUT2D eigenvalue weighted by Crippen LogP contribution is -2.40. The number of anilines is 1. The molecule has 168 valence electrons. The van der Waals surface area contributed by atoms with Crippen LogP contribution in [0.1, 0.15) is 42.6 Å².